The smallest absolute Gasteiger partial charge is 0.216 e. The van der Waals surface area contributed by atoms with Crippen LogP contribution in [-0.4, -0.2) is 17.0 Å². The Balaban J connectivity index is 1.85. The lowest BCUT2D eigenvalue weighted by Gasteiger charge is -2.10. The van der Waals surface area contributed by atoms with Gasteiger partial charge in [0, 0.05) is 29.0 Å². The normalized spacial score (nSPS) is 10.8. The summed E-state index contributed by atoms with van der Waals surface area (Å²) in [5, 5.41) is 2.50. The van der Waals surface area contributed by atoms with Gasteiger partial charge in [-0.25, -0.2) is 0 Å². The lowest BCUT2D eigenvalue weighted by Crippen LogP contribution is -2.14. The molecule has 1 aromatic heterocycles. The Kier molecular flexibility index (Phi) is 3.67. The largest absolute Gasteiger partial charge is 0.485 e. The third-order valence-electron chi connectivity index (χ3n) is 3.42. The lowest BCUT2D eigenvalue weighted by atomic mass is 10.1. The van der Waals surface area contributed by atoms with Crippen LogP contribution in [0.3, 0.4) is 0 Å². The highest BCUT2D eigenvalue weighted by Crippen LogP contribution is 2.31. The molecule has 3 aromatic rings. The van der Waals surface area contributed by atoms with Crippen molar-refractivity contribution >= 4 is 28.2 Å². The van der Waals surface area contributed by atoms with Gasteiger partial charge in [0.05, 0.1) is 5.69 Å². The van der Waals surface area contributed by atoms with Gasteiger partial charge < -0.3 is 9.30 Å². The molecule has 3 nitrogen and oxygen atoms in total. The van der Waals surface area contributed by atoms with E-state index in [9.17, 15) is 4.79 Å². The summed E-state index contributed by atoms with van der Waals surface area (Å²) in [4.78, 5) is 12.1. The van der Waals surface area contributed by atoms with Crippen molar-refractivity contribution in [1.29, 1.82) is 0 Å². The maximum absolute atomic E-state index is 12.1. The minimum atomic E-state index is -0.0541. The van der Waals surface area contributed by atoms with Crippen LogP contribution in [0.1, 0.15) is 10.5 Å². The van der Waals surface area contributed by atoms with E-state index in [1.54, 1.807) is 22.8 Å². The van der Waals surface area contributed by atoms with Gasteiger partial charge in [-0.1, -0.05) is 35.9 Å². The van der Waals surface area contributed by atoms with Crippen molar-refractivity contribution in [2.45, 2.75) is 0 Å². The van der Waals surface area contributed by atoms with Gasteiger partial charge in [-0.15, -0.1) is 0 Å². The van der Waals surface area contributed by atoms with E-state index in [1.807, 2.05) is 43.6 Å². The van der Waals surface area contributed by atoms with Crippen LogP contribution in [0.2, 0.25) is 5.02 Å². The van der Waals surface area contributed by atoms with Gasteiger partial charge in [0.1, 0.15) is 5.75 Å². The molecule has 0 atom stereocenters. The minimum Gasteiger partial charge on any atom is -0.485 e. The maximum atomic E-state index is 12.1. The number of carbonyl (C=O) groups excluding carboxylic acids is 1. The standard InChI is InChI=1S/C17H14ClNO2/c1-19-10-4-7-15(19)16(20)11-21-17-9-8-14(18)12-5-2-3-6-13(12)17/h2-10H,11H2,1H3. The first-order valence-electron chi connectivity index (χ1n) is 6.61. The molecule has 0 unspecified atom stereocenters. The molecule has 4 heteroatoms. The summed E-state index contributed by atoms with van der Waals surface area (Å²) in [5.74, 6) is 0.610. The van der Waals surface area contributed by atoms with E-state index in [1.165, 1.54) is 0 Å². The van der Waals surface area contributed by atoms with Gasteiger partial charge in [-0.3, -0.25) is 4.79 Å². The number of nitrogens with zero attached hydrogens (tertiary/aromatic N) is 1. The summed E-state index contributed by atoms with van der Waals surface area (Å²) in [7, 11) is 1.84. The van der Waals surface area contributed by atoms with Gasteiger partial charge in [-0.05, 0) is 24.3 Å². The molecule has 0 fully saturated rings. The Morgan fingerprint density at radius 2 is 1.86 bits per heavy atom. The van der Waals surface area contributed by atoms with Crippen molar-refractivity contribution < 1.29 is 9.53 Å². The Labute approximate surface area is 127 Å². The quantitative estimate of drug-likeness (QED) is 0.679. The number of carbonyl (C=O) groups is 1. The first-order valence-corrected chi connectivity index (χ1v) is 6.99. The van der Waals surface area contributed by atoms with E-state index in [0.717, 1.165) is 10.8 Å². The topological polar surface area (TPSA) is 31.2 Å². The number of halogens is 1. The molecule has 0 spiro atoms. The molecular formula is C17H14ClNO2. The third-order valence-corrected chi connectivity index (χ3v) is 3.75. The number of aromatic nitrogens is 1. The van der Waals surface area contributed by atoms with Gasteiger partial charge >= 0.3 is 0 Å². The zero-order valence-electron chi connectivity index (χ0n) is 11.5. The van der Waals surface area contributed by atoms with E-state index in [-0.39, 0.29) is 12.4 Å². The lowest BCUT2D eigenvalue weighted by molar-refractivity contribution is 0.0914. The second-order valence-corrected chi connectivity index (χ2v) is 5.21. The summed E-state index contributed by atoms with van der Waals surface area (Å²) in [6.07, 6.45) is 1.84. The van der Waals surface area contributed by atoms with Crippen molar-refractivity contribution in [1.82, 2.24) is 4.57 Å². The zero-order chi connectivity index (χ0) is 14.8. The van der Waals surface area contributed by atoms with Crippen LogP contribution in [0.25, 0.3) is 10.8 Å². The van der Waals surface area contributed by atoms with Crippen molar-refractivity contribution in [3.05, 3.63) is 65.4 Å². The fraction of sp³-hybridized carbons (Fsp3) is 0.118. The number of fused-ring (bicyclic) bond motifs is 1. The van der Waals surface area contributed by atoms with Gasteiger partial charge in [0.15, 0.2) is 6.61 Å². The molecule has 0 aliphatic heterocycles. The highest BCUT2D eigenvalue weighted by Gasteiger charge is 2.11. The Morgan fingerprint density at radius 1 is 1.10 bits per heavy atom. The molecule has 0 saturated carbocycles. The number of aryl methyl sites for hydroxylation is 1. The summed E-state index contributed by atoms with van der Waals surface area (Å²) in [5.41, 5.74) is 0.633. The van der Waals surface area contributed by atoms with Crippen molar-refractivity contribution in [2.75, 3.05) is 6.61 Å². The molecule has 106 valence electrons. The van der Waals surface area contributed by atoms with Crippen LogP contribution in [-0.2, 0) is 7.05 Å². The van der Waals surface area contributed by atoms with E-state index in [2.05, 4.69) is 0 Å². The van der Waals surface area contributed by atoms with Crippen molar-refractivity contribution in [3.63, 3.8) is 0 Å². The van der Waals surface area contributed by atoms with Crippen LogP contribution in [0.5, 0.6) is 5.75 Å². The number of hydrogen-bond donors (Lipinski definition) is 0. The highest BCUT2D eigenvalue weighted by molar-refractivity contribution is 6.35. The molecule has 0 aliphatic carbocycles. The predicted octanol–water partition coefficient (Wildman–Crippen LogP) is 4.09. The Hall–Kier alpha value is -2.26. The molecular weight excluding hydrogens is 286 g/mol. The molecule has 0 aliphatic rings. The van der Waals surface area contributed by atoms with Crippen molar-refractivity contribution in [3.8, 4) is 5.75 Å². The molecule has 0 N–H and O–H groups in total. The molecule has 1 heterocycles. The fourth-order valence-corrected chi connectivity index (χ4v) is 2.56. The molecule has 21 heavy (non-hydrogen) atoms. The zero-order valence-corrected chi connectivity index (χ0v) is 12.3. The number of ketones is 1. The van der Waals surface area contributed by atoms with E-state index < -0.39 is 0 Å². The van der Waals surface area contributed by atoms with Gasteiger partial charge in [-0.2, -0.15) is 0 Å². The average Bonchev–Trinajstić information content (AvgIpc) is 2.93. The number of hydrogen-bond acceptors (Lipinski definition) is 2. The van der Waals surface area contributed by atoms with Gasteiger partial charge in [0.2, 0.25) is 5.78 Å². The summed E-state index contributed by atoms with van der Waals surface area (Å²) >= 11 is 6.17. The Morgan fingerprint density at radius 3 is 2.57 bits per heavy atom. The molecule has 0 saturated heterocycles. The van der Waals surface area contributed by atoms with Crippen LogP contribution < -0.4 is 4.74 Å². The summed E-state index contributed by atoms with van der Waals surface area (Å²) < 4.78 is 7.48. The minimum absolute atomic E-state index is 0.00345. The summed E-state index contributed by atoms with van der Waals surface area (Å²) in [6.45, 7) is 0.00345. The maximum Gasteiger partial charge on any atom is 0.216 e. The first kappa shape index (κ1) is 13.7. The summed E-state index contributed by atoms with van der Waals surface area (Å²) in [6, 6.07) is 14.9. The second kappa shape index (κ2) is 5.62. The second-order valence-electron chi connectivity index (χ2n) is 4.81. The van der Waals surface area contributed by atoms with Crippen LogP contribution in [0.15, 0.2) is 54.7 Å². The molecule has 3 rings (SSSR count). The molecule has 2 aromatic carbocycles. The average molecular weight is 300 g/mol. The third kappa shape index (κ3) is 2.65. The van der Waals surface area contributed by atoms with E-state index >= 15 is 0 Å². The SMILES string of the molecule is Cn1cccc1C(=O)COc1ccc(Cl)c2ccccc12. The van der Waals surface area contributed by atoms with Crippen molar-refractivity contribution in [2.24, 2.45) is 7.05 Å². The number of ether oxygens (including phenoxy) is 1. The monoisotopic (exact) mass is 299 g/mol. The molecule has 0 amide bonds. The number of benzene rings is 2. The van der Waals surface area contributed by atoms with Gasteiger partial charge in [0.25, 0.3) is 0 Å². The Bertz CT molecular complexity index is 807. The van der Waals surface area contributed by atoms with Crippen LogP contribution in [0, 0.1) is 0 Å². The first-order chi connectivity index (χ1) is 10.2. The van der Waals surface area contributed by atoms with Crippen LogP contribution >= 0.6 is 11.6 Å². The number of rotatable bonds is 4. The molecule has 0 radical (unpaired) electrons. The van der Waals surface area contributed by atoms with E-state index in [0.29, 0.717) is 16.5 Å². The molecule has 0 bridgehead atoms. The number of Topliss-reactive ketones (excluding diaryl/α,β-unsaturated/α-hetero) is 1. The predicted molar refractivity (Wildman–Crippen MR) is 84.2 cm³/mol. The fourth-order valence-electron chi connectivity index (χ4n) is 2.33. The van der Waals surface area contributed by atoms with E-state index in [4.69, 9.17) is 16.3 Å². The van der Waals surface area contributed by atoms with Crippen LogP contribution in [0.4, 0.5) is 0 Å². The highest BCUT2D eigenvalue weighted by atomic mass is 35.5.